The molecule has 0 radical (unpaired) electrons. The molecule has 48 heavy (non-hydrogen) atoms. The van der Waals surface area contributed by atoms with Crippen molar-refractivity contribution in [2.75, 3.05) is 6.61 Å². The van der Waals surface area contributed by atoms with Crippen molar-refractivity contribution in [3.8, 4) is 11.6 Å². The monoisotopic (exact) mass is 666 g/mol. The maximum Gasteiger partial charge on any atom is 0.303 e. The lowest BCUT2D eigenvalue weighted by atomic mass is 9.96. The summed E-state index contributed by atoms with van der Waals surface area (Å²) in [5.74, 6) is -1.91. The summed E-state index contributed by atoms with van der Waals surface area (Å²) in [6.45, 7) is 10.7. The molecule has 1 N–H and O–H groups in total. The van der Waals surface area contributed by atoms with Crippen LogP contribution >= 0.6 is 0 Å². The van der Waals surface area contributed by atoms with E-state index in [1.807, 2.05) is 69.3 Å². The summed E-state index contributed by atoms with van der Waals surface area (Å²) in [6.07, 6.45) is -6.22. The average molecular weight is 667 g/mol. The summed E-state index contributed by atoms with van der Waals surface area (Å²) in [6, 6.07) is 15.7. The molecular formula is C35H42N2O11. The molecule has 0 unspecified atom stereocenters. The van der Waals surface area contributed by atoms with E-state index in [0.29, 0.717) is 13.0 Å². The van der Waals surface area contributed by atoms with Crippen LogP contribution in [0.4, 0.5) is 0 Å². The molecule has 2 aromatic carbocycles. The number of esters is 4. The van der Waals surface area contributed by atoms with Gasteiger partial charge in [-0.1, -0.05) is 50.2 Å². The number of aromatic nitrogens is 2. The zero-order valence-electron chi connectivity index (χ0n) is 28.1. The Morgan fingerprint density at radius 2 is 1.50 bits per heavy atom. The standard InChI is InChI=1S/C35H42N2O11/c1-19(2)30-28(16-26-13-14-27(15-20(26)3)43-17-25-11-9-8-10-12-25)34(37-36-30)48-35-33(46-24(7)41)32(45-23(6)40)31(44-22(5)39)29(47-35)18-42-21(4)38/h8-15,19,29,31-33,35H,16-18H2,1-7H3,(H,36,37)/t29-,31+,32+,33-,35+/m1/s1. The third-order valence-electron chi connectivity index (χ3n) is 7.54. The summed E-state index contributed by atoms with van der Waals surface area (Å²) in [7, 11) is 0. The van der Waals surface area contributed by atoms with Crippen molar-refractivity contribution in [1.82, 2.24) is 10.2 Å². The Hall–Kier alpha value is -4.91. The number of benzene rings is 2. The van der Waals surface area contributed by atoms with Crippen molar-refractivity contribution < 1.29 is 52.3 Å². The Morgan fingerprint density at radius 1 is 0.854 bits per heavy atom. The molecule has 13 heteroatoms. The van der Waals surface area contributed by atoms with Gasteiger partial charge in [0.15, 0.2) is 12.2 Å². The fourth-order valence-corrected chi connectivity index (χ4v) is 5.39. The van der Waals surface area contributed by atoms with Gasteiger partial charge in [-0.25, -0.2) is 0 Å². The third kappa shape index (κ3) is 9.57. The lowest BCUT2D eigenvalue weighted by Gasteiger charge is -2.43. The maximum atomic E-state index is 12.3. The van der Waals surface area contributed by atoms with Gasteiger partial charge in [-0.3, -0.25) is 24.3 Å². The Labute approximate surface area is 279 Å². The van der Waals surface area contributed by atoms with Gasteiger partial charge in [0.2, 0.25) is 18.3 Å². The van der Waals surface area contributed by atoms with Gasteiger partial charge in [-0.05, 0) is 41.7 Å². The van der Waals surface area contributed by atoms with Crippen LogP contribution in [0.3, 0.4) is 0 Å². The van der Waals surface area contributed by atoms with E-state index >= 15 is 0 Å². The van der Waals surface area contributed by atoms with E-state index in [4.69, 9.17) is 33.2 Å². The van der Waals surface area contributed by atoms with Crippen molar-refractivity contribution in [3.63, 3.8) is 0 Å². The van der Waals surface area contributed by atoms with Crippen molar-refractivity contribution in [3.05, 3.63) is 76.5 Å². The smallest absolute Gasteiger partial charge is 0.303 e. The normalized spacial score (nSPS) is 20.5. The van der Waals surface area contributed by atoms with Crippen LogP contribution in [0.25, 0.3) is 0 Å². The van der Waals surface area contributed by atoms with Gasteiger partial charge in [0.1, 0.15) is 25.1 Å². The quantitative estimate of drug-likeness (QED) is 0.202. The molecule has 0 saturated carbocycles. The SMILES string of the molecule is CC(=O)OC[C@H]1O[C@@H](Oc2n[nH]c(C(C)C)c2Cc2ccc(OCc3ccccc3)cc2C)[C@H](OC(C)=O)[C@@H](OC(C)=O)[C@H]1OC(C)=O. The molecule has 1 fully saturated rings. The van der Waals surface area contributed by atoms with E-state index < -0.39 is 54.6 Å². The molecule has 4 rings (SSSR count). The number of ether oxygens (including phenoxy) is 7. The number of nitrogens with zero attached hydrogens (tertiary/aromatic N) is 1. The number of H-pyrrole nitrogens is 1. The molecule has 0 spiro atoms. The molecule has 0 bridgehead atoms. The van der Waals surface area contributed by atoms with E-state index in [1.165, 1.54) is 13.8 Å². The fraction of sp³-hybridized carbons (Fsp3) is 0.457. The molecule has 5 atom stereocenters. The van der Waals surface area contributed by atoms with Crippen LogP contribution in [0.15, 0.2) is 48.5 Å². The lowest BCUT2D eigenvalue weighted by molar-refractivity contribution is -0.289. The first-order valence-corrected chi connectivity index (χ1v) is 15.6. The van der Waals surface area contributed by atoms with E-state index in [9.17, 15) is 19.2 Å². The van der Waals surface area contributed by atoms with E-state index in [2.05, 4.69) is 10.2 Å². The molecule has 1 aromatic heterocycles. The fourth-order valence-electron chi connectivity index (χ4n) is 5.39. The van der Waals surface area contributed by atoms with Crippen LogP contribution in [0.2, 0.25) is 0 Å². The predicted octanol–water partition coefficient (Wildman–Crippen LogP) is 4.47. The van der Waals surface area contributed by atoms with E-state index in [1.54, 1.807) is 0 Å². The zero-order valence-corrected chi connectivity index (χ0v) is 28.1. The first kappa shape index (κ1) is 35.9. The third-order valence-corrected chi connectivity index (χ3v) is 7.54. The molecule has 2 heterocycles. The second-order valence-corrected chi connectivity index (χ2v) is 11.8. The minimum Gasteiger partial charge on any atom is -0.489 e. The van der Waals surface area contributed by atoms with Gasteiger partial charge in [0, 0.05) is 45.4 Å². The van der Waals surface area contributed by atoms with Crippen molar-refractivity contribution >= 4 is 23.9 Å². The number of nitrogens with one attached hydrogen (secondary N) is 1. The average Bonchev–Trinajstić information content (AvgIpc) is 3.41. The molecule has 1 aliphatic heterocycles. The summed E-state index contributed by atoms with van der Waals surface area (Å²) in [4.78, 5) is 48.3. The highest BCUT2D eigenvalue weighted by atomic mass is 16.7. The highest BCUT2D eigenvalue weighted by Crippen LogP contribution is 2.35. The van der Waals surface area contributed by atoms with Crippen LogP contribution < -0.4 is 9.47 Å². The molecule has 13 nitrogen and oxygen atoms in total. The Bertz CT molecular complexity index is 1590. The summed E-state index contributed by atoms with van der Waals surface area (Å²) < 4.78 is 40.2. The van der Waals surface area contributed by atoms with Crippen LogP contribution in [-0.2, 0) is 55.9 Å². The molecule has 1 saturated heterocycles. The Balaban J connectivity index is 1.66. The molecule has 258 valence electrons. The number of hydrogen-bond donors (Lipinski definition) is 1. The first-order valence-electron chi connectivity index (χ1n) is 15.6. The first-order chi connectivity index (χ1) is 22.8. The number of aromatic amines is 1. The summed E-state index contributed by atoms with van der Waals surface area (Å²) in [5, 5.41) is 7.48. The van der Waals surface area contributed by atoms with Gasteiger partial charge < -0.3 is 33.2 Å². The van der Waals surface area contributed by atoms with E-state index in [-0.39, 0.29) is 18.4 Å². The molecule has 0 aliphatic carbocycles. The van der Waals surface area contributed by atoms with Gasteiger partial charge >= 0.3 is 23.9 Å². The van der Waals surface area contributed by atoms with Gasteiger partial charge in [-0.15, -0.1) is 5.10 Å². The van der Waals surface area contributed by atoms with Gasteiger partial charge in [-0.2, -0.15) is 0 Å². The van der Waals surface area contributed by atoms with Crippen molar-refractivity contribution in [1.29, 1.82) is 0 Å². The number of aryl methyl sites for hydroxylation is 1. The van der Waals surface area contributed by atoms with Crippen molar-refractivity contribution in [2.45, 2.75) is 98.1 Å². The molecule has 3 aromatic rings. The topological polar surface area (TPSA) is 162 Å². The number of carbonyl (C=O) groups is 4. The zero-order chi connectivity index (χ0) is 35.0. The highest BCUT2D eigenvalue weighted by molar-refractivity contribution is 5.68. The van der Waals surface area contributed by atoms with Crippen LogP contribution in [0.5, 0.6) is 11.6 Å². The molecular weight excluding hydrogens is 624 g/mol. The second kappa shape index (κ2) is 16.3. The Morgan fingerprint density at radius 3 is 2.10 bits per heavy atom. The minimum absolute atomic E-state index is 0.0223. The lowest BCUT2D eigenvalue weighted by Crippen LogP contribution is -2.63. The van der Waals surface area contributed by atoms with Gasteiger partial charge in [0.05, 0.1) is 0 Å². The predicted molar refractivity (Wildman–Crippen MR) is 170 cm³/mol. The Kier molecular flexibility index (Phi) is 12.2. The molecule has 0 amide bonds. The summed E-state index contributed by atoms with van der Waals surface area (Å²) in [5.41, 5.74) is 4.55. The van der Waals surface area contributed by atoms with E-state index in [0.717, 1.165) is 47.5 Å². The van der Waals surface area contributed by atoms with Crippen LogP contribution in [0.1, 0.15) is 75.4 Å². The second-order valence-electron chi connectivity index (χ2n) is 11.8. The minimum atomic E-state index is -1.41. The maximum absolute atomic E-state index is 12.3. The summed E-state index contributed by atoms with van der Waals surface area (Å²) >= 11 is 0. The number of carbonyl (C=O) groups excluding carboxylic acids is 4. The van der Waals surface area contributed by atoms with Crippen molar-refractivity contribution in [2.24, 2.45) is 0 Å². The van der Waals surface area contributed by atoms with Crippen LogP contribution in [0, 0.1) is 6.92 Å². The van der Waals surface area contributed by atoms with Gasteiger partial charge in [0.25, 0.3) is 0 Å². The molecule has 1 aliphatic rings. The highest BCUT2D eigenvalue weighted by Gasteiger charge is 2.53. The number of hydrogen-bond acceptors (Lipinski definition) is 12. The largest absolute Gasteiger partial charge is 0.489 e. The number of rotatable bonds is 13. The van der Waals surface area contributed by atoms with Crippen LogP contribution in [-0.4, -0.2) is 71.4 Å².